The zero-order chi connectivity index (χ0) is 11.6. The quantitative estimate of drug-likeness (QED) is 0.219. The minimum absolute atomic E-state index is 0.0446. The Bertz CT molecular complexity index is 401. The van der Waals surface area contributed by atoms with Crippen LogP contribution in [0.5, 0.6) is 0 Å². The van der Waals surface area contributed by atoms with Gasteiger partial charge in [-0.15, -0.1) is 0 Å². The highest BCUT2D eigenvalue weighted by Crippen LogP contribution is 2.33. The Morgan fingerprint density at radius 1 is 1.33 bits per heavy atom. The van der Waals surface area contributed by atoms with E-state index in [0.717, 1.165) is 12.1 Å². The number of oxime groups is 1. The van der Waals surface area contributed by atoms with Crippen molar-refractivity contribution in [3.8, 4) is 0 Å². The molecular formula is C8H8F3N3O. The smallest absolute Gasteiger partial charge is 0.409 e. The minimum atomic E-state index is -4.60. The number of halogens is 3. The van der Waals surface area contributed by atoms with Gasteiger partial charge in [-0.05, 0) is 18.2 Å². The summed E-state index contributed by atoms with van der Waals surface area (Å²) in [6.07, 6.45) is -4.60. The Morgan fingerprint density at radius 2 is 1.93 bits per heavy atom. The van der Waals surface area contributed by atoms with Gasteiger partial charge in [0.1, 0.15) is 0 Å². The average molecular weight is 219 g/mol. The Kier molecular flexibility index (Phi) is 2.74. The van der Waals surface area contributed by atoms with Crippen LogP contribution in [0.25, 0.3) is 0 Å². The predicted molar refractivity (Wildman–Crippen MR) is 48.4 cm³/mol. The third-order valence-corrected chi connectivity index (χ3v) is 1.73. The van der Waals surface area contributed by atoms with Gasteiger partial charge in [-0.25, -0.2) is 0 Å². The third-order valence-electron chi connectivity index (χ3n) is 1.73. The molecule has 7 heteroatoms. The number of nitrogens with zero attached hydrogens (tertiary/aromatic N) is 1. The second kappa shape index (κ2) is 3.68. The van der Waals surface area contributed by atoms with E-state index in [9.17, 15) is 13.2 Å². The number of rotatable bonds is 1. The summed E-state index contributed by atoms with van der Waals surface area (Å²) < 4.78 is 37.4. The lowest BCUT2D eigenvalue weighted by molar-refractivity contribution is -0.137. The minimum Gasteiger partial charge on any atom is -0.409 e. The largest absolute Gasteiger partial charge is 0.417 e. The number of benzene rings is 1. The number of alkyl halides is 3. The van der Waals surface area contributed by atoms with Gasteiger partial charge in [-0.2, -0.15) is 13.2 Å². The first kappa shape index (κ1) is 11.2. The van der Waals surface area contributed by atoms with Crippen LogP contribution in [0.3, 0.4) is 0 Å². The van der Waals surface area contributed by atoms with E-state index in [0.29, 0.717) is 0 Å². The molecule has 0 aromatic heterocycles. The van der Waals surface area contributed by atoms with Crippen LogP contribution in [0.1, 0.15) is 11.1 Å². The molecule has 1 aromatic carbocycles. The number of hydrogen-bond donors (Lipinski definition) is 3. The van der Waals surface area contributed by atoms with Gasteiger partial charge < -0.3 is 16.7 Å². The molecule has 0 aliphatic heterocycles. The Labute approximate surface area is 83.0 Å². The summed E-state index contributed by atoms with van der Waals surface area (Å²) in [7, 11) is 0. The van der Waals surface area contributed by atoms with Gasteiger partial charge in [0.15, 0.2) is 5.84 Å². The highest BCUT2D eigenvalue weighted by atomic mass is 19.4. The van der Waals surface area contributed by atoms with E-state index in [1.165, 1.54) is 6.07 Å². The Hall–Kier alpha value is -1.92. The second-order valence-corrected chi connectivity index (χ2v) is 2.79. The number of anilines is 1. The fraction of sp³-hybridized carbons (Fsp3) is 0.125. The summed E-state index contributed by atoms with van der Waals surface area (Å²) in [5.74, 6) is -0.609. The Morgan fingerprint density at radius 3 is 2.40 bits per heavy atom. The highest BCUT2D eigenvalue weighted by molar-refractivity contribution is 5.98. The van der Waals surface area contributed by atoms with Gasteiger partial charge in [-0.3, -0.25) is 0 Å². The fourth-order valence-corrected chi connectivity index (χ4v) is 1.07. The van der Waals surface area contributed by atoms with Crippen molar-refractivity contribution in [2.75, 3.05) is 5.73 Å². The molecule has 0 atom stereocenters. The lowest BCUT2D eigenvalue weighted by Crippen LogP contribution is -2.20. The van der Waals surface area contributed by atoms with E-state index in [1.807, 2.05) is 0 Å². The van der Waals surface area contributed by atoms with Crippen LogP contribution in [-0.2, 0) is 6.18 Å². The van der Waals surface area contributed by atoms with Crippen LogP contribution in [0.15, 0.2) is 23.4 Å². The van der Waals surface area contributed by atoms with Crippen molar-refractivity contribution in [1.82, 2.24) is 0 Å². The third kappa shape index (κ3) is 2.30. The first-order valence-corrected chi connectivity index (χ1v) is 3.81. The molecule has 15 heavy (non-hydrogen) atoms. The summed E-state index contributed by atoms with van der Waals surface area (Å²) in [6.45, 7) is 0. The molecule has 0 unspecified atom stereocenters. The maximum absolute atomic E-state index is 12.5. The van der Waals surface area contributed by atoms with Crippen molar-refractivity contribution in [1.29, 1.82) is 0 Å². The van der Waals surface area contributed by atoms with E-state index < -0.39 is 23.1 Å². The first-order valence-electron chi connectivity index (χ1n) is 3.81. The van der Waals surface area contributed by atoms with Crippen LogP contribution in [0, 0.1) is 0 Å². The van der Waals surface area contributed by atoms with Crippen LogP contribution in [0.4, 0.5) is 18.9 Å². The predicted octanol–water partition coefficient (Wildman–Crippen LogP) is 1.38. The lowest BCUT2D eigenvalue weighted by atomic mass is 10.1. The maximum Gasteiger partial charge on any atom is 0.417 e. The molecule has 0 fully saturated rings. The van der Waals surface area contributed by atoms with Gasteiger partial charge in [0.2, 0.25) is 0 Å². The number of amidine groups is 1. The van der Waals surface area contributed by atoms with Gasteiger partial charge in [-0.1, -0.05) is 5.16 Å². The average Bonchev–Trinajstić information content (AvgIpc) is 2.15. The monoisotopic (exact) mass is 219 g/mol. The van der Waals surface area contributed by atoms with Crippen molar-refractivity contribution < 1.29 is 18.4 Å². The number of nitrogens with two attached hydrogens (primary N) is 2. The lowest BCUT2D eigenvalue weighted by Gasteiger charge is -2.12. The molecule has 1 rings (SSSR count). The molecule has 0 saturated carbocycles. The van der Waals surface area contributed by atoms with Crippen molar-refractivity contribution in [2.45, 2.75) is 6.18 Å². The van der Waals surface area contributed by atoms with Gasteiger partial charge >= 0.3 is 6.18 Å². The molecule has 4 nitrogen and oxygen atoms in total. The van der Waals surface area contributed by atoms with Crippen molar-refractivity contribution in [3.63, 3.8) is 0 Å². The molecule has 0 bridgehead atoms. The molecular weight excluding hydrogens is 211 g/mol. The molecule has 5 N–H and O–H groups in total. The zero-order valence-electron chi connectivity index (χ0n) is 7.42. The van der Waals surface area contributed by atoms with Crippen molar-refractivity contribution in [2.24, 2.45) is 10.9 Å². The molecule has 0 amide bonds. The molecule has 0 spiro atoms. The maximum atomic E-state index is 12.5. The topological polar surface area (TPSA) is 84.6 Å². The molecule has 1 aromatic rings. The highest BCUT2D eigenvalue weighted by Gasteiger charge is 2.34. The van der Waals surface area contributed by atoms with E-state index in [4.69, 9.17) is 16.7 Å². The molecule has 0 aliphatic carbocycles. The SMILES string of the molecule is NC(=NO)c1ccc(N)cc1C(F)(F)F. The van der Waals surface area contributed by atoms with Crippen LogP contribution in [-0.4, -0.2) is 11.0 Å². The van der Waals surface area contributed by atoms with Crippen LogP contribution in [0.2, 0.25) is 0 Å². The van der Waals surface area contributed by atoms with Crippen LogP contribution >= 0.6 is 0 Å². The zero-order valence-corrected chi connectivity index (χ0v) is 7.42. The van der Waals surface area contributed by atoms with Gasteiger partial charge in [0, 0.05) is 11.3 Å². The van der Waals surface area contributed by atoms with E-state index in [1.54, 1.807) is 0 Å². The van der Waals surface area contributed by atoms with E-state index >= 15 is 0 Å². The summed E-state index contributed by atoms with van der Waals surface area (Å²) in [5, 5.41) is 10.8. The molecule has 0 radical (unpaired) electrons. The summed E-state index contributed by atoms with van der Waals surface area (Å²) in [5.41, 5.74) is 8.85. The van der Waals surface area contributed by atoms with E-state index in [-0.39, 0.29) is 5.69 Å². The molecule has 82 valence electrons. The molecule has 0 aliphatic rings. The van der Waals surface area contributed by atoms with Crippen LogP contribution < -0.4 is 11.5 Å². The van der Waals surface area contributed by atoms with E-state index in [2.05, 4.69) is 5.16 Å². The summed E-state index contributed by atoms with van der Waals surface area (Å²) in [4.78, 5) is 0. The fourth-order valence-electron chi connectivity index (χ4n) is 1.07. The normalized spacial score (nSPS) is 12.9. The summed E-state index contributed by atoms with van der Waals surface area (Å²) >= 11 is 0. The van der Waals surface area contributed by atoms with Crippen molar-refractivity contribution in [3.05, 3.63) is 29.3 Å². The molecule has 0 saturated heterocycles. The van der Waals surface area contributed by atoms with Gasteiger partial charge in [0.25, 0.3) is 0 Å². The summed E-state index contributed by atoms with van der Waals surface area (Å²) in [6, 6.07) is 3.02. The number of nitrogen functional groups attached to an aromatic ring is 1. The first-order chi connectivity index (χ1) is 6.86. The van der Waals surface area contributed by atoms with Crippen molar-refractivity contribution >= 4 is 11.5 Å². The standard InChI is InChI=1S/C8H8F3N3O/c9-8(10,11)6-3-4(12)1-2-5(6)7(13)14-15/h1-3,15H,12H2,(H2,13,14). The molecule has 0 heterocycles. The second-order valence-electron chi connectivity index (χ2n) is 2.79. The Balaban J connectivity index is 3.40. The van der Waals surface area contributed by atoms with Gasteiger partial charge in [0.05, 0.1) is 5.56 Å². The number of hydrogen-bond acceptors (Lipinski definition) is 3.